The van der Waals surface area contributed by atoms with Gasteiger partial charge in [0.15, 0.2) is 0 Å². The van der Waals surface area contributed by atoms with Gasteiger partial charge >= 0.3 is 0 Å². The number of fused-ring (bicyclic) bond motifs is 1. The van der Waals surface area contributed by atoms with Crippen LogP contribution >= 0.6 is 15.9 Å². The number of hydrogen-bond acceptors (Lipinski definition) is 4. The van der Waals surface area contributed by atoms with E-state index in [1.807, 2.05) is 45.0 Å². The third-order valence-electron chi connectivity index (χ3n) is 4.34. The van der Waals surface area contributed by atoms with Crippen molar-refractivity contribution in [1.29, 1.82) is 0 Å². The minimum atomic E-state index is -0.0545. The summed E-state index contributed by atoms with van der Waals surface area (Å²) in [4.78, 5) is 20.9. The fourth-order valence-corrected chi connectivity index (χ4v) is 3.60. The lowest BCUT2D eigenvalue weighted by Crippen LogP contribution is -2.27. The molecular formula is C18H20BrN5O. The molecule has 0 saturated carbocycles. The first kappa shape index (κ1) is 17.5. The number of carbonyl (C=O) groups excluding carboxylic acids is 1. The summed E-state index contributed by atoms with van der Waals surface area (Å²) in [6.45, 7) is 5.91. The standard InChI is InChI=1S/C18H20BrN5O/c1-11-14(13(3)24-18(23-11)20-10-21-24)8-9-17(25)22-12(2)15-6-4-5-7-16(15)19/h4-7,10,12H,8-9H2,1-3H3,(H,22,25)/t12-/m0/s1. The zero-order chi connectivity index (χ0) is 18.0. The highest BCUT2D eigenvalue weighted by Crippen LogP contribution is 2.23. The number of nitrogens with one attached hydrogen (secondary N) is 1. The zero-order valence-corrected chi connectivity index (χ0v) is 16.0. The fraction of sp³-hybridized carbons (Fsp3) is 0.333. The molecule has 25 heavy (non-hydrogen) atoms. The summed E-state index contributed by atoms with van der Waals surface area (Å²) in [5.41, 5.74) is 3.98. The van der Waals surface area contributed by atoms with Crippen LogP contribution in [-0.2, 0) is 11.2 Å². The van der Waals surface area contributed by atoms with Crippen LogP contribution in [0.2, 0.25) is 0 Å². The van der Waals surface area contributed by atoms with Crippen LogP contribution in [0, 0.1) is 13.8 Å². The molecule has 3 rings (SSSR count). The Labute approximate surface area is 154 Å². The highest BCUT2D eigenvalue weighted by atomic mass is 79.9. The maximum atomic E-state index is 12.4. The van der Waals surface area contributed by atoms with E-state index in [-0.39, 0.29) is 11.9 Å². The number of halogens is 1. The summed E-state index contributed by atoms with van der Waals surface area (Å²) < 4.78 is 2.71. The number of amides is 1. The van der Waals surface area contributed by atoms with Gasteiger partial charge in [0.25, 0.3) is 5.78 Å². The van der Waals surface area contributed by atoms with E-state index >= 15 is 0 Å². The number of hydrogen-bond donors (Lipinski definition) is 1. The first-order valence-electron chi connectivity index (χ1n) is 8.17. The van der Waals surface area contributed by atoms with E-state index in [0.29, 0.717) is 18.6 Å². The van der Waals surface area contributed by atoms with Gasteiger partial charge in [-0.15, -0.1) is 0 Å². The molecule has 0 spiro atoms. The Hall–Kier alpha value is -2.28. The minimum Gasteiger partial charge on any atom is -0.350 e. The van der Waals surface area contributed by atoms with E-state index in [1.165, 1.54) is 6.33 Å². The van der Waals surface area contributed by atoms with Crippen molar-refractivity contribution in [1.82, 2.24) is 24.9 Å². The van der Waals surface area contributed by atoms with Crippen LogP contribution in [0.4, 0.5) is 0 Å². The highest BCUT2D eigenvalue weighted by Gasteiger charge is 2.15. The lowest BCUT2D eigenvalue weighted by Gasteiger charge is -2.16. The second-order valence-corrected chi connectivity index (χ2v) is 6.90. The number of aromatic nitrogens is 4. The number of nitrogens with zero attached hydrogens (tertiary/aromatic N) is 4. The van der Waals surface area contributed by atoms with Gasteiger partial charge in [-0.1, -0.05) is 34.1 Å². The molecule has 0 fully saturated rings. The van der Waals surface area contributed by atoms with Gasteiger partial charge in [-0.2, -0.15) is 10.1 Å². The second kappa shape index (κ2) is 7.31. The van der Waals surface area contributed by atoms with Crippen LogP contribution in [0.1, 0.15) is 41.9 Å². The molecule has 0 aliphatic rings. The smallest absolute Gasteiger partial charge is 0.252 e. The Morgan fingerprint density at radius 3 is 2.84 bits per heavy atom. The van der Waals surface area contributed by atoms with Crippen molar-refractivity contribution >= 4 is 27.6 Å². The maximum absolute atomic E-state index is 12.4. The van der Waals surface area contributed by atoms with Crippen molar-refractivity contribution in [2.45, 2.75) is 39.7 Å². The van der Waals surface area contributed by atoms with E-state index < -0.39 is 0 Å². The summed E-state index contributed by atoms with van der Waals surface area (Å²) in [6, 6.07) is 7.85. The predicted octanol–water partition coefficient (Wildman–Crippen LogP) is 3.31. The second-order valence-electron chi connectivity index (χ2n) is 6.04. The molecule has 0 bridgehead atoms. The Balaban J connectivity index is 1.68. The minimum absolute atomic E-state index is 0.0146. The van der Waals surface area contributed by atoms with Gasteiger partial charge in [-0.25, -0.2) is 9.50 Å². The molecule has 1 atom stereocenters. The first-order valence-corrected chi connectivity index (χ1v) is 8.96. The molecule has 0 aliphatic carbocycles. The van der Waals surface area contributed by atoms with Gasteiger partial charge < -0.3 is 5.32 Å². The molecule has 2 heterocycles. The van der Waals surface area contributed by atoms with Crippen molar-refractivity contribution in [3.8, 4) is 0 Å². The Bertz CT molecular complexity index is 921. The largest absolute Gasteiger partial charge is 0.350 e. The third kappa shape index (κ3) is 3.71. The van der Waals surface area contributed by atoms with Crippen molar-refractivity contribution in [3.63, 3.8) is 0 Å². The van der Waals surface area contributed by atoms with Gasteiger partial charge in [-0.05, 0) is 44.4 Å². The van der Waals surface area contributed by atoms with Crippen molar-refractivity contribution in [3.05, 3.63) is 57.6 Å². The topological polar surface area (TPSA) is 72.2 Å². The van der Waals surface area contributed by atoms with Crippen LogP contribution in [0.3, 0.4) is 0 Å². The summed E-state index contributed by atoms with van der Waals surface area (Å²) in [6.07, 6.45) is 2.51. The van der Waals surface area contributed by atoms with Gasteiger partial charge in [0, 0.05) is 22.3 Å². The lowest BCUT2D eigenvalue weighted by atomic mass is 10.1. The molecule has 130 valence electrons. The van der Waals surface area contributed by atoms with Gasteiger partial charge in [0.05, 0.1) is 6.04 Å². The van der Waals surface area contributed by atoms with Crippen LogP contribution < -0.4 is 5.32 Å². The van der Waals surface area contributed by atoms with Crippen LogP contribution in [0.5, 0.6) is 0 Å². The Morgan fingerprint density at radius 2 is 2.08 bits per heavy atom. The summed E-state index contributed by atoms with van der Waals surface area (Å²) in [5, 5.41) is 7.24. The molecule has 0 unspecified atom stereocenters. The summed E-state index contributed by atoms with van der Waals surface area (Å²) in [7, 11) is 0. The van der Waals surface area contributed by atoms with Crippen LogP contribution in [-0.4, -0.2) is 25.5 Å². The number of carbonyl (C=O) groups is 1. The maximum Gasteiger partial charge on any atom is 0.252 e. The molecule has 1 N–H and O–H groups in total. The first-order chi connectivity index (χ1) is 12.0. The highest BCUT2D eigenvalue weighted by molar-refractivity contribution is 9.10. The summed E-state index contributed by atoms with van der Waals surface area (Å²) >= 11 is 3.53. The quantitative estimate of drug-likeness (QED) is 0.711. The van der Waals surface area contributed by atoms with Crippen molar-refractivity contribution in [2.75, 3.05) is 0 Å². The molecule has 7 heteroatoms. The monoisotopic (exact) mass is 401 g/mol. The van der Waals surface area contributed by atoms with E-state index in [2.05, 4.69) is 36.3 Å². The third-order valence-corrected chi connectivity index (χ3v) is 5.06. The average Bonchev–Trinajstić information content (AvgIpc) is 3.03. The molecule has 3 aromatic rings. The zero-order valence-electron chi connectivity index (χ0n) is 14.5. The molecule has 1 aromatic carbocycles. The van der Waals surface area contributed by atoms with E-state index in [0.717, 1.165) is 27.0 Å². The molecule has 0 aliphatic heterocycles. The SMILES string of the molecule is Cc1nc2ncnn2c(C)c1CCC(=O)N[C@@H](C)c1ccccc1Br. The normalized spacial score (nSPS) is 12.3. The van der Waals surface area contributed by atoms with Gasteiger partial charge in [0.1, 0.15) is 6.33 Å². The summed E-state index contributed by atoms with van der Waals surface area (Å²) in [5.74, 6) is 0.603. The fourth-order valence-electron chi connectivity index (χ4n) is 2.97. The van der Waals surface area contributed by atoms with E-state index in [9.17, 15) is 4.79 Å². The number of rotatable bonds is 5. The Morgan fingerprint density at radius 1 is 1.32 bits per heavy atom. The molecular weight excluding hydrogens is 382 g/mol. The predicted molar refractivity (Wildman–Crippen MR) is 99.3 cm³/mol. The van der Waals surface area contributed by atoms with Gasteiger partial charge in [0.2, 0.25) is 5.91 Å². The van der Waals surface area contributed by atoms with Crippen molar-refractivity contribution < 1.29 is 4.79 Å². The number of benzene rings is 1. The molecule has 0 saturated heterocycles. The van der Waals surface area contributed by atoms with Gasteiger partial charge in [-0.3, -0.25) is 4.79 Å². The molecule has 0 radical (unpaired) electrons. The van der Waals surface area contributed by atoms with Crippen LogP contribution in [0.15, 0.2) is 35.1 Å². The van der Waals surface area contributed by atoms with Crippen molar-refractivity contribution in [2.24, 2.45) is 0 Å². The molecule has 2 aromatic heterocycles. The lowest BCUT2D eigenvalue weighted by molar-refractivity contribution is -0.121. The van der Waals surface area contributed by atoms with E-state index in [4.69, 9.17) is 0 Å². The average molecular weight is 402 g/mol. The van der Waals surface area contributed by atoms with E-state index in [1.54, 1.807) is 4.52 Å². The van der Waals surface area contributed by atoms with Crippen LogP contribution in [0.25, 0.3) is 5.78 Å². The number of aryl methyl sites for hydroxylation is 2. The molecule has 1 amide bonds. The molecule has 6 nitrogen and oxygen atoms in total. The Kier molecular flexibility index (Phi) is 5.13.